The maximum absolute atomic E-state index is 11.1. The number of esters is 1. The molecule has 2 atom stereocenters. The zero-order valence-electron chi connectivity index (χ0n) is 9.58. The van der Waals surface area contributed by atoms with E-state index in [-0.39, 0.29) is 17.7 Å². The lowest BCUT2D eigenvalue weighted by molar-refractivity contribution is -0.149. The average molecular weight is 210 g/mol. The van der Waals surface area contributed by atoms with Crippen LogP contribution in [-0.4, -0.2) is 17.4 Å². The molecule has 0 amide bonds. The van der Waals surface area contributed by atoms with Crippen LogP contribution in [0.15, 0.2) is 12.2 Å². The number of ether oxygens (including phenoxy) is 1. The Balaban J connectivity index is 2.74. The SMILES string of the molecule is CCC[C@H](CC(C)=O)[C@]1(C)C=CC(=O)O1. The second-order valence-electron chi connectivity index (χ2n) is 4.33. The second-order valence-corrected chi connectivity index (χ2v) is 4.33. The number of hydrogen-bond acceptors (Lipinski definition) is 3. The van der Waals surface area contributed by atoms with Crippen LogP contribution in [0.4, 0.5) is 0 Å². The lowest BCUT2D eigenvalue weighted by Crippen LogP contribution is -2.35. The van der Waals surface area contributed by atoms with Crippen LogP contribution < -0.4 is 0 Å². The molecule has 3 heteroatoms. The van der Waals surface area contributed by atoms with Crippen molar-refractivity contribution in [1.82, 2.24) is 0 Å². The van der Waals surface area contributed by atoms with Gasteiger partial charge < -0.3 is 9.53 Å². The van der Waals surface area contributed by atoms with Gasteiger partial charge in [0.1, 0.15) is 11.4 Å². The van der Waals surface area contributed by atoms with Crippen molar-refractivity contribution in [3.05, 3.63) is 12.2 Å². The number of rotatable bonds is 5. The molecule has 84 valence electrons. The van der Waals surface area contributed by atoms with Crippen LogP contribution in [-0.2, 0) is 14.3 Å². The molecule has 0 aromatic rings. The number of ketones is 1. The highest BCUT2D eigenvalue weighted by Gasteiger charge is 2.38. The van der Waals surface area contributed by atoms with Crippen LogP contribution >= 0.6 is 0 Å². The Bertz CT molecular complexity index is 293. The molecule has 0 fully saturated rings. The number of Topliss-reactive ketones (excluding diaryl/α,β-unsaturated/α-hetero) is 1. The summed E-state index contributed by atoms with van der Waals surface area (Å²) >= 11 is 0. The van der Waals surface area contributed by atoms with Gasteiger partial charge in [-0.05, 0) is 26.3 Å². The fraction of sp³-hybridized carbons (Fsp3) is 0.667. The molecule has 0 aromatic heterocycles. The van der Waals surface area contributed by atoms with Gasteiger partial charge >= 0.3 is 5.97 Å². The van der Waals surface area contributed by atoms with Crippen molar-refractivity contribution in [2.75, 3.05) is 0 Å². The number of hydrogen-bond donors (Lipinski definition) is 0. The van der Waals surface area contributed by atoms with E-state index in [2.05, 4.69) is 6.92 Å². The Morgan fingerprint density at radius 1 is 1.60 bits per heavy atom. The number of cyclic esters (lactones) is 1. The Kier molecular flexibility index (Phi) is 3.66. The molecule has 0 aliphatic carbocycles. The van der Waals surface area contributed by atoms with Gasteiger partial charge in [-0.25, -0.2) is 4.79 Å². The molecular formula is C12H18O3. The number of carbonyl (C=O) groups is 2. The normalized spacial score (nSPS) is 26.5. The van der Waals surface area contributed by atoms with Gasteiger partial charge in [0.05, 0.1) is 0 Å². The maximum Gasteiger partial charge on any atom is 0.331 e. The van der Waals surface area contributed by atoms with Crippen molar-refractivity contribution in [2.24, 2.45) is 5.92 Å². The quantitative estimate of drug-likeness (QED) is 0.654. The predicted molar refractivity (Wildman–Crippen MR) is 57.3 cm³/mol. The summed E-state index contributed by atoms with van der Waals surface area (Å²) in [6.07, 6.45) is 5.58. The van der Waals surface area contributed by atoms with E-state index < -0.39 is 5.60 Å². The van der Waals surface area contributed by atoms with Gasteiger partial charge in [0.15, 0.2) is 0 Å². The third-order valence-corrected chi connectivity index (χ3v) is 2.85. The molecule has 0 radical (unpaired) electrons. The van der Waals surface area contributed by atoms with E-state index in [4.69, 9.17) is 4.74 Å². The van der Waals surface area contributed by atoms with Crippen LogP contribution in [0.5, 0.6) is 0 Å². The van der Waals surface area contributed by atoms with E-state index in [1.54, 1.807) is 13.0 Å². The molecule has 1 aliphatic rings. The third kappa shape index (κ3) is 2.91. The minimum absolute atomic E-state index is 0.0997. The Hall–Kier alpha value is -1.12. The molecule has 1 rings (SSSR count). The van der Waals surface area contributed by atoms with Gasteiger partial charge in [0, 0.05) is 18.4 Å². The van der Waals surface area contributed by atoms with Crippen molar-refractivity contribution < 1.29 is 14.3 Å². The fourth-order valence-electron chi connectivity index (χ4n) is 2.02. The van der Waals surface area contributed by atoms with E-state index in [0.717, 1.165) is 12.8 Å². The lowest BCUT2D eigenvalue weighted by atomic mass is 9.82. The van der Waals surface area contributed by atoms with Crippen LogP contribution in [0.2, 0.25) is 0 Å². The van der Waals surface area contributed by atoms with Gasteiger partial charge in [0.25, 0.3) is 0 Å². The van der Waals surface area contributed by atoms with Gasteiger partial charge in [-0.15, -0.1) is 0 Å². The largest absolute Gasteiger partial charge is 0.452 e. The van der Waals surface area contributed by atoms with Crippen molar-refractivity contribution >= 4 is 11.8 Å². The number of carbonyl (C=O) groups excluding carboxylic acids is 2. The summed E-state index contributed by atoms with van der Waals surface area (Å²) in [5.74, 6) is -0.0594. The van der Waals surface area contributed by atoms with Crippen LogP contribution in [0.1, 0.15) is 40.0 Å². The fourth-order valence-corrected chi connectivity index (χ4v) is 2.02. The van der Waals surface area contributed by atoms with Gasteiger partial charge in [-0.2, -0.15) is 0 Å². The average Bonchev–Trinajstić information content (AvgIpc) is 2.46. The summed E-state index contributed by atoms with van der Waals surface area (Å²) in [7, 11) is 0. The highest BCUT2D eigenvalue weighted by molar-refractivity contribution is 5.85. The van der Waals surface area contributed by atoms with Gasteiger partial charge in [-0.3, -0.25) is 0 Å². The summed E-state index contributed by atoms with van der Waals surface area (Å²) in [5, 5.41) is 0. The first kappa shape index (κ1) is 12.0. The van der Waals surface area contributed by atoms with Crippen LogP contribution in [0.3, 0.4) is 0 Å². The lowest BCUT2D eigenvalue weighted by Gasteiger charge is -2.30. The van der Waals surface area contributed by atoms with E-state index in [9.17, 15) is 9.59 Å². The monoisotopic (exact) mass is 210 g/mol. The standard InChI is InChI=1S/C12H18O3/c1-4-5-10(8-9(2)13)12(3)7-6-11(14)15-12/h6-7,10H,4-5,8H2,1-3H3/t10-,12+/m1/s1. The van der Waals surface area contributed by atoms with Crippen LogP contribution in [0.25, 0.3) is 0 Å². The molecule has 0 saturated heterocycles. The van der Waals surface area contributed by atoms with Gasteiger partial charge in [0.2, 0.25) is 0 Å². The van der Waals surface area contributed by atoms with E-state index in [0.29, 0.717) is 6.42 Å². The summed E-state index contributed by atoms with van der Waals surface area (Å²) < 4.78 is 5.26. The van der Waals surface area contributed by atoms with Crippen molar-refractivity contribution in [2.45, 2.75) is 45.6 Å². The zero-order valence-corrected chi connectivity index (χ0v) is 9.58. The minimum Gasteiger partial charge on any atom is -0.452 e. The first-order valence-corrected chi connectivity index (χ1v) is 5.39. The molecule has 0 aromatic carbocycles. The molecule has 0 spiro atoms. The first-order valence-electron chi connectivity index (χ1n) is 5.39. The molecule has 15 heavy (non-hydrogen) atoms. The predicted octanol–water partition coefficient (Wildman–Crippen LogP) is 2.25. The first-order chi connectivity index (χ1) is 6.98. The summed E-state index contributed by atoms with van der Waals surface area (Å²) in [4.78, 5) is 22.2. The van der Waals surface area contributed by atoms with Crippen molar-refractivity contribution in [3.8, 4) is 0 Å². The topological polar surface area (TPSA) is 43.4 Å². The Morgan fingerprint density at radius 3 is 2.67 bits per heavy atom. The van der Waals surface area contributed by atoms with E-state index >= 15 is 0 Å². The molecule has 0 N–H and O–H groups in total. The Labute approximate surface area is 90.5 Å². The highest BCUT2D eigenvalue weighted by atomic mass is 16.6. The Morgan fingerprint density at radius 2 is 2.27 bits per heavy atom. The van der Waals surface area contributed by atoms with Gasteiger partial charge in [-0.1, -0.05) is 13.3 Å². The summed E-state index contributed by atoms with van der Waals surface area (Å²) in [6, 6.07) is 0. The second kappa shape index (κ2) is 4.60. The molecule has 1 heterocycles. The molecule has 0 bridgehead atoms. The zero-order chi connectivity index (χ0) is 11.5. The van der Waals surface area contributed by atoms with Crippen LogP contribution in [0, 0.1) is 5.92 Å². The molecule has 0 unspecified atom stereocenters. The molecule has 3 nitrogen and oxygen atoms in total. The third-order valence-electron chi connectivity index (χ3n) is 2.85. The summed E-state index contributed by atoms with van der Waals surface area (Å²) in [5.41, 5.74) is -0.585. The highest BCUT2D eigenvalue weighted by Crippen LogP contribution is 2.33. The molecule has 1 aliphatic heterocycles. The smallest absolute Gasteiger partial charge is 0.331 e. The maximum atomic E-state index is 11.1. The minimum atomic E-state index is -0.585. The molecule has 0 saturated carbocycles. The van der Waals surface area contributed by atoms with E-state index in [1.807, 2.05) is 6.92 Å². The molecular weight excluding hydrogens is 192 g/mol. The van der Waals surface area contributed by atoms with Crippen molar-refractivity contribution in [1.29, 1.82) is 0 Å². The van der Waals surface area contributed by atoms with E-state index in [1.165, 1.54) is 6.08 Å². The van der Waals surface area contributed by atoms with Crippen molar-refractivity contribution in [3.63, 3.8) is 0 Å². The summed E-state index contributed by atoms with van der Waals surface area (Å²) in [6.45, 7) is 5.52.